The SMILES string of the molecule is O=C(O)c1cc(N2CC=C(c3cccc(F)c3)CC2)ncn1. The summed E-state index contributed by atoms with van der Waals surface area (Å²) in [5, 5.41) is 8.97. The van der Waals surface area contributed by atoms with E-state index >= 15 is 0 Å². The van der Waals surface area contributed by atoms with Gasteiger partial charge in [0.15, 0.2) is 5.69 Å². The second kappa shape index (κ2) is 5.93. The van der Waals surface area contributed by atoms with Crippen molar-refractivity contribution >= 4 is 17.4 Å². The van der Waals surface area contributed by atoms with Crippen molar-refractivity contribution in [1.29, 1.82) is 0 Å². The number of carboxylic acid groups (broad SMARTS) is 1. The van der Waals surface area contributed by atoms with Crippen LogP contribution in [0.2, 0.25) is 0 Å². The molecule has 6 heteroatoms. The lowest BCUT2D eigenvalue weighted by atomic mass is 9.99. The Hall–Kier alpha value is -2.76. The molecule has 0 spiro atoms. The van der Waals surface area contributed by atoms with Crippen LogP contribution in [0.5, 0.6) is 0 Å². The average Bonchev–Trinajstić information content (AvgIpc) is 2.55. The van der Waals surface area contributed by atoms with Crippen molar-refractivity contribution in [3.05, 3.63) is 59.8 Å². The Morgan fingerprint density at radius 2 is 2.14 bits per heavy atom. The predicted octanol–water partition coefficient (Wildman–Crippen LogP) is 2.61. The summed E-state index contributed by atoms with van der Waals surface area (Å²) < 4.78 is 13.3. The lowest BCUT2D eigenvalue weighted by Crippen LogP contribution is -2.29. The van der Waals surface area contributed by atoms with Gasteiger partial charge in [-0.05, 0) is 29.7 Å². The third-order valence-corrected chi connectivity index (χ3v) is 3.60. The Labute approximate surface area is 126 Å². The molecule has 1 aliphatic rings. The van der Waals surface area contributed by atoms with Crippen LogP contribution in [-0.4, -0.2) is 34.1 Å². The third kappa shape index (κ3) is 2.95. The molecule has 0 bridgehead atoms. The summed E-state index contributed by atoms with van der Waals surface area (Å²) >= 11 is 0. The highest BCUT2D eigenvalue weighted by Crippen LogP contribution is 2.25. The zero-order valence-electron chi connectivity index (χ0n) is 11.7. The maximum absolute atomic E-state index is 13.3. The summed E-state index contributed by atoms with van der Waals surface area (Å²) in [6.07, 6.45) is 4.02. The fraction of sp³-hybridized carbons (Fsp3) is 0.188. The van der Waals surface area contributed by atoms with E-state index in [4.69, 9.17) is 5.11 Å². The number of hydrogen-bond donors (Lipinski definition) is 1. The van der Waals surface area contributed by atoms with E-state index in [9.17, 15) is 9.18 Å². The summed E-state index contributed by atoms with van der Waals surface area (Å²) in [5.74, 6) is -0.735. The zero-order valence-corrected chi connectivity index (χ0v) is 11.7. The van der Waals surface area contributed by atoms with Crippen molar-refractivity contribution in [3.8, 4) is 0 Å². The fourth-order valence-electron chi connectivity index (χ4n) is 2.46. The van der Waals surface area contributed by atoms with Gasteiger partial charge in [0, 0.05) is 19.2 Å². The van der Waals surface area contributed by atoms with Crippen LogP contribution in [0.3, 0.4) is 0 Å². The maximum Gasteiger partial charge on any atom is 0.354 e. The first-order chi connectivity index (χ1) is 10.6. The molecule has 0 radical (unpaired) electrons. The van der Waals surface area contributed by atoms with Gasteiger partial charge in [-0.15, -0.1) is 0 Å². The molecule has 5 nitrogen and oxygen atoms in total. The largest absolute Gasteiger partial charge is 0.477 e. The molecule has 0 saturated carbocycles. The number of carboxylic acids is 1. The minimum absolute atomic E-state index is 0.0232. The number of rotatable bonds is 3. The second-order valence-corrected chi connectivity index (χ2v) is 5.00. The summed E-state index contributed by atoms with van der Waals surface area (Å²) in [6.45, 7) is 1.29. The first-order valence-corrected chi connectivity index (χ1v) is 6.89. The van der Waals surface area contributed by atoms with Gasteiger partial charge in [0.2, 0.25) is 0 Å². The molecule has 1 N–H and O–H groups in total. The van der Waals surface area contributed by atoms with Crippen LogP contribution in [0.25, 0.3) is 5.57 Å². The third-order valence-electron chi connectivity index (χ3n) is 3.60. The lowest BCUT2D eigenvalue weighted by molar-refractivity contribution is 0.0690. The van der Waals surface area contributed by atoms with E-state index in [-0.39, 0.29) is 11.5 Å². The zero-order chi connectivity index (χ0) is 15.5. The Bertz CT molecular complexity index is 746. The Morgan fingerprint density at radius 1 is 1.27 bits per heavy atom. The number of nitrogens with zero attached hydrogens (tertiary/aromatic N) is 3. The first-order valence-electron chi connectivity index (χ1n) is 6.89. The van der Waals surface area contributed by atoms with Gasteiger partial charge in [-0.3, -0.25) is 0 Å². The maximum atomic E-state index is 13.3. The number of hydrogen-bond acceptors (Lipinski definition) is 4. The second-order valence-electron chi connectivity index (χ2n) is 5.00. The highest BCUT2D eigenvalue weighted by molar-refractivity contribution is 5.86. The Kier molecular flexibility index (Phi) is 3.82. The van der Waals surface area contributed by atoms with Crippen LogP contribution in [-0.2, 0) is 0 Å². The molecular weight excluding hydrogens is 285 g/mol. The Morgan fingerprint density at radius 3 is 2.82 bits per heavy atom. The molecule has 1 aromatic carbocycles. The van der Waals surface area contributed by atoms with Crippen LogP contribution >= 0.6 is 0 Å². The van der Waals surface area contributed by atoms with Gasteiger partial charge in [0.1, 0.15) is 18.0 Å². The first kappa shape index (κ1) is 14.2. The molecule has 0 saturated heterocycles. The molecule has 0 fully saturated rings. The van der Waals surface area contributed by atoms with E-state index < -0.39 is 5.97 Å². The number of anilines is 1. The molecule has 0 amide bonds. The van der Waals surface area contributed by atoms with Crippen molar-refractivity contribution in [2.75, 3.05) is 18.0 Å². The van der Waals surface area contributed by atoms with E-state index in [0.717, 1.165) is 17.6 Å². The highest BCUT2D eigenvalue weighted by Gasteiger charge is 2.16. The van der Waals surface area contributed by atoms with Crippen molar-refractivity contribution in [3.63, 3.8) is 0 Å². The summed E-state index contributed by atoms with van der Waals surface area (Å²) in [4.78, 5) is 20.7. The number of aromatic nitrogens is 2. The topological polar surface area (TPSA) is 66.3 Å². The normalized spacial score (nSPS) is 14.6. The van der Waals surface area contributed by atoms with E-state index in [0.29, 0.717) is 18.9 Å². The molecule has 1 aliphatic heterocycles. The van der Waals surface area contributed by atoms with Gasteiger partial charge in [0.25, 0.3) is 0 Å². The van der Waals surface area contributed by atoms with Crippen molar-refractivity contribution in [2.45, 2.75) is 6.42 Å². The fourth-order valence-corrected chi connectivity index (χ4v) is 2.46. The van der Waals surface area contributed by atoms with Crippen molar-refractivity contribution in [1.82, 2.24) is 9.97 Å². The van der Waals surface area contributed by atoms with Crippen LogP contribution in [0.15, 0.2) is 42.7 Å². The van der Waals surface area contributed by atoms with Crippen LogP contribution in [0, 0.1) is 5.82 Å². The minimum atomic E-state index is -1.07. The van der Waals surface area contributed by atoms with Crippen LogP contribution in [0.4, 0.5) is 10.2 Å². The Balaban J connectivity index is 1.78. The molecule has 2 heterocycles. The molecular formula is C16H14FN3O2. The highest BCUT2D eigenvalue weighted by atomic mass is 19.1. The van der Waals surface area contributed by atoms with E-state index in [2.05, 4.69) is 9.97 Å². The predicted molar refractivity (Wildman–Crippen MR) is 80.2 cm³/mol. The molecule has 2 aromatic rings. The standard InChI is InChI=1S/C16H14FN3O2/c17-13-3-1-2-12(8-13)11-4-6-20(7-5-11)15-9-14(16(21)22)18-10-19-15/h1-4,8-10H,5-7H2,(H,21,22). The van der Waals surface area contributed by atoms with Gasteiger partial charge in [-0.25, -0.2) is 19.2 Å². The van der Waals surface area contributed by atoms with E-state index in [1.807, 2.05) is 17.0 Å². The van der Waals surface area contributed by atoms with Crippen LogP contribution in [0.1, 0.15) is 22.5 Å². The van der Waals surface area contributed by atoms with E-state index in [1.54, 1.807) is 6.07 Å². The van der Waals surface area contributed by atoms with Gasteiger partial charge in [-0.2, -0.15) is 0 Å². The molecule has 112 valence electrons. The average molecular weight is 299 g/mol. The number of benzene rings is 1. The molecule has 0 atom stereocenters. The number of aromatic carboxylic acids is 1. The number of halogens is 1. The number of carbonyl (C=O) groups is 1. The van der Waals surface area contributed by atoms with Gasteiger partial charge in [-0.1, -0.05) is 18.2 Å². The monoisotopic (exact) mass is 299 g/mol. The molecule has 22 heavy (non-hydrogen) atoms. The summed E-state index contributed by atoms with van der Waals surface area (Å²) in [7, 11) is 0. The van der Waals surface area contributed by atoms with Crippen LogP contribution < -0.4 is 4.90 Å². The van der Waals surface area contributed by atoms with Gasteiger partial charge < -0.3 is 10.0 Å². The summed E-state index contributed by atoms with van der Waals surface area (Å²) in [6, 6.07) is 7.99. The van der Waals surface area contributed by atoms with Crippen molar-refractivity contribution < 1.29 is 14.3 Å². The van der Waals surface area contributed by atoms with Crippen molar-refractivity contribution in [2.24, 2.45) is 0 Å². The summed E-state index contributed by atoms with van der Waals surface area (Å²) in [5.41, 5.74) is 1.95. The molecule has 0 unspecified atom stereocenters. The van der Waals surface area contributed by atoms with Gasteiger partial charge >= 0.3 is 5.97 Å². The quantitative estimate of drug-likeness (QED) is 0.943. The van der Waals surface area contributed by atoms with E-state index in [1.165, 1.54) is 24.5 Å². The molecule has 0 aliphatic carbocycles. The minimum Gasteiger partial charge on any atom is -0.477 e. The lowest BCUT2D eigenvalue weighted by Gasteiger charge is -2.27. The smallest absolute Gasteiger partial charge is 0.354 e. The molecule has 3 rings (SSSR count). The van der Waals surface area contributed by atoms with Gasteiger partial charge in [0.05, 0.1) is 0 Å². The molecule has 1 aromatic heterocycles.